The molecule has 0 fully saturated rings. The topological polar surface area (TPSA) is 44.5 Å². The van der Waals surface area contributed by atoms with Gasteiger partial charge in [-0.2, -0.15) is 13.2 Å². The lowest BCUT2D eigenvalue weighted by molar-refractivity contribution is -0.137. The van der Waals surface area contributed by atoms with Gasteiger partial charge in [-0.25, -0.2) is 0 Å². The van der Waals surface area contributed by atoms with Crippen LogP contribution in [0.1, 0.15) is 11.1 Å². The van der Waals surface area contributed by atoms with Crippen molar-refractivity contribution in [3.63, 3.8) is 0 Å². The molecular weight excluding hydrogens is 247 g/mol. The summed E-state index contributed by atoms with van der Waals surface area (Å²) in [6, 6.07) is 2.18. The number of nitrogens with two attached hydrogens (primary N) is 1. The Bertz CT molecular complexity index is 442. The van der Waals surface area contributed by atoms with Crippen LogP contribution in [0.25, 0.3) is 6.08 Å². The van der Waals surface area contributed by atoms with Gasteiger partial charge in [0.25, 0.3) is 0 Å². The summed E-state index contributed by atoms with van der Waals surface area (Å²) >= 11 is 0. The number of ether oxygens (including phenoxy) is 2. The Morgan fingerprint density at radius 2 is 1.89 bits per heavy atom. The summed E-state index contributed by atoms with van der Waals surface area (Å²) < 4.78 is 48.5. The Balaban J connectivity index is 3.49. The summed E-state index contributed by atoms with van der Waals surface area (Å²) in [5.41, 5.74) is 4.38. The minimum atomic E-state index is -4.46. The van der Waals surface area contributed by atoms with Crippen molar-refractivity contribution in [2.75, 3.05) is 20.8 Å². The standard InChI is InChI=1S/C12H14F3NO2/c1-17-10-6-5-9(12(13,14)15)8(4-3-7-16)11(10)18-2/h3-6H,7,16H2,1-2H3/b4-3+. The third kappa shape index (κ3) is 2.95. The molecule has 0 bridgehead atoms. The third-order valence-electron chi connectivity index (χ3n) is 2.31. The maximum atomic E-state index is 12.9. The van der Waals surface area contributed by atoms with Gasteiger partial charge in [-0.1, -0.05) is 12.2 Å². The van der Waals surface area contributed by atoms with Crippen LogP contribution in [0.5, 0.6) is 11.5 Å². The van der Waals surface area contributed by atoms with Crippen LogP contribution >= 0.6 is 0 Å². The molecule has 100 valence electrons. The van der Waals surface area contributed by atoms with Gasteiger partial charge >= 0.3 is 6.18 Å². The Hall–Kier alpha value is -1.69. The SMILES string of the molecule is COc1ccc(C(F)(F)F)c(/C=C/CN)c1OC. The number of methoxy groups -OCH3 is 2. The molecule has 0 aliphatic carbocycles. The highest BCUT2D eigenvalue weighted by Crippen LogP contribution is 2.41. The lowest BCUT2D eigenvalue weighted by Gasteiger charge is -2.16. The molecule has 0 saturated heterocycles. The molecule has 0 heterocycles. The first-order chi connectivity index (χ1) is 8.45. The first-order valence-corrected chi connectivity index (χ1v) is 5.14. The fraction of sp³-hybridized carbons (Fsp3) is 0.333. The molecule has 18 heavy (non-hydrogen) atoms. The molecule has 6 heteroatoms. The van der Waals surface area contributed by atoms with E-state index in [1.54, 1.807) is 0 Å². The molecule has 2 N–H and O–H groups in total. The van der Waals surface area contributed by atoms with E-state index in [9.17, 15) is 13.2 Å². The van der Waals surface area contributed by atoms with Gasteiger partial charge in [0.15, 0.2) is 11.5 Å². The van der Waals surface area contributed by atoms with E-state index in [-0.39, 0.29) is 23.6 Å². The highest BCUT2D eigenvalue weighted by atomic mass is 19.4. The van der Waals surface area contributed by atoms with E-state index in [1.165, 1.54) is 32.4 Å². The highest BCUT2D eigenvalue weighted by Gasteiger charge is 2.34. The number of hydrogen-bond acceptors (Lipinski definition) is 3. The highest BCUT2D eigenvalue weighted by molar-refractivity contribution is 5.66. The summed E-state index contributed by atoms with van der Waals surface area (Å²) in [7, 11) is 2.65. The molecule has 1 rings (SSSR count). The molecule has 0 saturated carbocycles. The van der Waals surface area contributed by atoms with Crippen molar-refractivity contribution >= 4 is 6.08 Å². The van der Waals surface area contributed by atoms with Crippen molar-refractivity contribution < 1.29 is 22.6 Å². The fourth-order valence-corrected chi connectivity index (χ4v) is 1.55. The summed E-state index contributed by atoms with van der Waals surface area (Å²) in [5.74, 6) is 0.277. The average Bonchev–Trinajstić information content (AvgIpc) is 2.33. The lowest BCUT2D eigenvalue weighted by Crippen LogP contribution is -2.09. The van der Waals surface area contributed by atoms with Crippen LogP contribution in [-0.4, -0.2) is 20.8 Å². The Kier molecular flexibility index (Phi) is 4.61. The second-order valence-corrected chi connectivity index (χ2v) is 3.40. The Morgan fingerprint density at radius 3 is 2.33 bits per heavy atom. The van der Waals surface area contributed by atoms with E-state index in [2.05, 4.69) is 0 Å². The van der Waals surface area contributed by atoms with Crippen molar-refractivity contribution in [3.05, 3.63) is 29.3 Å². The Labute approximate surface area is 103 Å². The number of halogens is 3. The predicted molar refractivity (Wildman–Crippen MR) is 62.6 cm³/mol. The molecule has 1 aromatic rings. The van der Waals surface area contributed by atoms with Crippen LogP contribution < -0.4 is 15.2 Å². The van der Waals surface area contributed by atoms with Crippen molar-refractivity contribution in [2.24, 2.45) is 5.73 Å². The van der Waals surface area contributed by atoms with Crippen molar-refractivity contribution in [1.82, 2.24) is 0 Å². The van der Waals surface area contributed by atoms with E-state index >= 15 is 0 Å². The van der Waals surface area contributed by atoms with Gasteiger partial charge in [0.1, 0.15) is 0 Å². The van der Waals surface area contributed by atoms with Crippen LogP contribution in [0.3, 0.4) is 0 Å². The van der Waals surface area contributed by atoms with Gasteiger partial charge in [-0.15, -0.1) is 0 Å². The van der Waals surface area contributed by atoms with E-state index in [4.69, 9.17) is 15.2 Å². The summed E-state index contributed by atoms with van der Waals surface area (Å²) in [6.45, 7) is 0.137. The zero-order valence-corrected chi connectivity index (χ0v) is 10.0. The molecule has 0 spiro atoms. The molecule has 1 aromatic carbocycles. The fourth-order valence-electron chi connectivity index (χ4n) is 1.55. The van der Waals surface area contributed by atoms with Gasteiger partial charge in [0, 0.05) is 12.1 Å². The molecule has 0 unspecified atom stereocenters. The molecule has 0 aliphatic heterocycles. The average molecular weight is 261 g/mol. The molecule has 0 radical (unpaired) electrons. The number of hydrogen-bond donors (Lipinski definition) is 1. The minimum Gasteiger partial charge on any atom is -0.493 e. The second kappa shape index (κ2) is 5.77. The van der Waals surface area contributed by atoms with Crippen molar-refractivity contribution in [2.45, 2.75) is 6.18 Å². The molecule has 0 aromatic heterocycles. The zero-order valence-electron chi connectivity index (χ0n) is 10.0. The normalized spacial score (nSPS) is 11.9. The van der Waals surface area contributed by atoms with Crippen LogP contribution in [-0.2, 0) is 6.18 Å². The third-order valence-corrected chi connectivity index (χ3v) is 2.31. The van der Waals surface area contributed by atoms with Crippen LogP contribution in [0.4, 0.5) is 13.2 Å². The summed E-state index contributed by atoms with van der Waals surface area (Å²) in [6.07, 6.45) is -1.76. The maximum absolute atomic E-state index is 12.9. The predicted octanol–water partition coefficient (Wildman–Crippen LogP) is 2.69. The van der Waals surface area contributed by atoms with Crippen LogP contribution in [0.15, 0.2) is 18.2 Å². The van der Waals surface area contributed by atoms with Crippen molar-refractivity contribution in [3.8, 4) is 11.5 Å². The van der Waals surface area contributed by atoms with E-state index < -0.39 is 11.7 Å². The monoisotopic (exact) mass is 261 g/mol. The van der Waals surface area contributed by atoms with Gasteiger partial charge in [0.2, 0.25) is 0 Å². The lowest BCUT2D eigenvalue weighted by atomic mass is 10.0. The zero-order chi connectivity index (χ0) is 13.8. The summed E-state index contributed by atoms with van der Waals surface area (Å²) in [5, 5.41) is 0. The van der Waals surface area contributed by atoms with Gasteiger partial charge < -0.3 is 15.2 Å². The first kappa shape index (κ1) is 14.4. The quantitative estimate of drug-likeness (QED) is 0.906. The minimum absolute atomic E-state index is 0.0389. The molecule has 0 atom stereocenters. The largest absolute Gasteiger partial charge is 0.493 e. The van der Waals surface area contributed by atoms with Crippen LogP contribution in [0.2, 0.25) is 0 Å². The number of alkyl halides is 3. The molecular formula is C12H14F3NO2. The number of benzene rings is 1. The first-order valence-electron chi connectivity index (χ1n) is 5.14. The summed E-state index contributed by atoms with van der Waals surface area (Å²) in [4.78, 5) is 0. The van der Waals surface area contributed by atoms with E-state index in [1.807, 2.05) is 0 Å². The van der Waals surface area contributed by atoms with Gasteiger partial charge in [0.05, 0.1) is 19.8 Å². The van der Waals surface area contributed by atoms with Crippen LogP contribution in [0, 0.1) is 0 Å². The van der Waals surface area contributed by atoms with E-state index in [0.717, 1.165) is 6.07 Å². The molecule has 0 amide bonds. The van der Waals surface area contributed by atoms with Gasteiger partial charge in [-0.05, 0) is 12.1 Å². The molecule has 0 aliphatic rings. The van der Waals surface area contributed by atoms with E-state index in [0.29, 0.717) is 0 Å². The second-order valence-electron chi connectivity index (χ2n) is 3.40. The van der Waals surface area contributed by atoms with Crippen molar-refractivity contribution in [1.29, 1.82) is 0 Å². The number of rotatable bonds is 4. The maximum Gasteiger partial charge on any atom is 0.417 e. The molecule has 3 nitrogen and oxygen atoms in total. The smallest absolute Gasteiger partial charge is 0.417 e. The van der Waals surface area contributed by atoms with Gasteiger partial charge in [-0.3, -0.25) is 0 Å². The Morgan fingerprint density at radius 1 is 1.22 bits per heavy atom.